The van der Waals surface area contributed by atoms with E-state index in [0.717, 1.165) is 10.9 Å². The van der Waals surface area contributed by atoms with Crippen LogP contribution in [0.2, 0.25) is 0 Å². The number of aliphatic hydroxyl groups is 1. The highest BCUT2D eigenvalue weighted by atomic mass is 16.3. The third-order valence-corrected chi connectivity index (χ3v) is 4.52. The molecule has 5 nitrogen and oxygen atoms in total. The fourth-order valence-electron chi connectivity index (χ4n) is 3.15. The summed E-state index contributed by atoms with van der Waals surface area (Å²) in [6.45, 7) is 8.86. The van der Waals surface area contributed by atoms with Crippen LogP contribution in [-0.2, 0) is 6.54 Å². The minimum absolute atomic E-state index is 0.127. The standard InChI is InChI=1S/C20H30N2O3/c1-13(2)18(23)20(3,4)12-21-19(24)17-15(11-22(5)6)14-9-7-8-10-16(14)25-17/h7-10,13,18,23H,11-12H2,1-6H3,(H,21,24). The molecule has 0 saturated heterocycles. The quantitative estimate of drug-likeness (QED) is 0.807. The normalized spacial score (nSPS) is 13.6. The zero-order valence-electron chi connectivity index (χ0n) is 16.1. The highest BCUT2D eigenvalue weighted by Gasteiger charge is 2.31. The van der Waals surface area contributed by atoms with Crippen LogP contribution in [0.1, 0.15) is 43.8 Å². The Morgan fingerprint density at radius 1 is 1.28 bits per heavy atom. The van der Waals surface area contributed by atoms with E-state index in [4.69, 9.17) is 4.42 Å². The molecule has 0 bridgehead atoms. The molecule has 1 aromatic heterocycles. The second kappa shape index (κ2) is 7.58. The van der Waals surface area contributed by atoms with Gasteiger partial charge in [0.1, 0.15) is 5.58 Å². The molecule has 0 aliphatic rings. The van der Waals surface area contributed by atoms with Crippen LogP contribution in [0.15, 0.2) is 28.7 Å². The van der Waals surface area contributed by atoms with E-state index in [0.29, 0.717) is 24.4 Å². The van der Waals surface area contributed by atoms with E-state index in [-0.39, 0.29) is 11.8 Å². The van der Waals surface area contributed by atoms with E-state index in [1.165, 1.54) is 0 Å². The van der Waals surface area contributed by atoms with Gasteiger partial charge < -0.3 is 19.7 Å². The number of hydrogen-bond donors (Lipinski definition) is 2. The van der Waals surface area contributed by atoms with Crippen LogP contribution < -0.4 is 5.32 Å². The van der Waals surface area contributed by atoms with Crippen molar-refractivity contribution >= 4 is 16.9 Å². The summed E-state index contributed by atoms with van der Waals surface area (Å²) >= 11 is 0. The number of para-hydroxylation sites is 1. The van der Waals surface area contributed by atoms with Crippen molar-refractivity contribution in [1.29, 1.82) is 0 Å². The zero-order valence-corrected chi connectivity index (χ0v) is 16.1. The van der Waals surface area contributed by atoms with Crippen LogP contribution in [-0.4, -0.2) is 42.7 Å². The van der Waals surface area contributed by atoms with E-state index in [1.807, 2.05) is 71.0 Å². The summed E-state index contributed by atoms with van der Waals surface area (Å²) in [5.41, 5.74) is 1.18. The maximum absolute atomic E-state index is 12.8. The Hall–Kier alpha value is -1.85. The lowest BCUT2D eigenvalue weighted by molar-refractivity contribution is 0.0136. The van der Waals surface area contributed by atoms with Crippen molar-refractivity contribution in [2.24, 2.45) is 11.3 Å². The molecule has 0 aliphatic carbocycles. The molecule has 5 heteroatoms. The maximum Gasteiger partial charge on any atom is 0.287 e. The van der Waals surface area contributed by atoms with Gasteiger partial charge in [0, 0.05) is 29.5 Å². The maximum atomic E-state index is 12.8. The van der Waals surface area contributed by atoms with Crippen LogP contribution in [0.5, 0.6) is 0 Å². The number of amides is 1. The molecule has 2 N–H and O–H groups in total. The van der Waals surface area contributed by atoms with Gasteiger partial charge in [0.2, 0.25) is 0 Å². The van der Waals surface area contributed by atoms with Crippen LogP contribution in [0.25, 0.3) is 11.0 Å². The summed E-state index contributed by atoms with van der Waals surface area (Å²) in [7, 11) is 3.93. The third-order valence-electron chi connectivity index (χ3n) is 4.52. The first-order chi connectivity index (χ1) is 11.6. The van der Waals surface area contributed by atoms with Gasteiger partial charge in [-0.3, -0.25) is 4.79 Å². The van der Waals surface area contributed by atoms with E-state index in [9.17, 15) is 9.90 Å². The van der Waals surface area contributed by atoms with Crippen molar-refractivity contribution in [3.8, 4) is 0 Å². The Bertz CT molecular complexity index is 732. The van der Waals surface area contributed by atoms with Crippen molar-refractivity contribution in [2.45, 2.75) is 40.3 Å². The lowest BCUT2D eigenvalue weighted by Crippen LogP contribution is -2.43. The van der Waals surface area contributed by atoms with Crippen molar-refractivity contribution in [3.05, 3.63) is 35.6 Å². The van der Waals surface area contributed by atoms with Crippen molar-refractivity contribution in [2.75, 3.05) is 20.6 Å². The molecule has 1 amide bonds. The number of nitrogens with zero attached hydrogens (tertiary/aromatic N) is 1. The molecule has 1 aromatic carbocycles. The molecule has 2 aromatic rings. The Balaban J connectivity index is 2.24. The van der Waals surface area contributed by atoms with Gasteiger partial charge in [0.05, 0.1) is 6.10 Å². The Morgan fingerprint density at radius 2 is 1.92 bits per heavy atom. The Labute approximate surface area is 150 Å². The summed E-state index contributed by atoms with van der Waals surface area (Å²) < 4.78 is 5.83. The van der Waals surface area contributed by atoms with Gasteiger partial charge in [0.25, 0.3) is 5.91 Å². The average molecular weight is 346 g/mol. The second-order valence-corrected chi connectivity index (χ2v) is 8.00. The van der Waals surface area contributed by atoms with Crippen molar-refractivity contribution in [1.82, 2.24) is 10.2 Å². The molecular formula is C20H30N2O3. The molecule has 1 unspecified atom stereocenters. The van der Waals surface area contributed by atoms with Crippen LogP contribution >= 0.6 is 0 Å². The second-order valence-electron chi connectivity index (χ2n) is 8.00. The smallest absolute Gasteiger partial charge is 0.287 e. The Morgan fingerprint density at radius 3 is 2.52 bits per heavy atom. The third kappa shape index (κ3) is 4.41. The number of hydrogen-bond acceptors (Lipinski definition) is 4. The first-order valence-electron chi connectivity index (χ1n) is 8.75. The van der Waals surface area contributed by atoms with Crippen LogP contribution in [0.4, 0.5) is 0 Å². The molecular weight excluding hydrogens is 316 g/mol. The summed E-state index contributed by atoms with van der Waals surface area (Å²) in [5.74, 6) is 0.240. The van der Waals surface area contributed by atoms with Crippen LogP contribution in [0, 0.1) is 11.3 Å². The fourth-order valence-corrected chi connectivity index (χ4v) is 3.15. The number of rotatable bonds is 7. The van der Waals surface area contributed by atoms with Gasteiger partial charge in [-0.15, -0.1) is 0 Å². The molecule has 0 saturated carbocycles. The number of carbonyl (C=O) groups excluding carboxylic acids is 1. The van der Waals surface area contributed by atoms with Crippen molar-refractivity contribution in [3.63, 3.8) is 0 Å². The fraction of sp³-hybridized carbons (Fsp3) is 0.550. The minimum Gasteiger partial charge on any atom is -0.451 e. The first kappa shape index (κ1) is 19.5. The average Bonchev–Trinajstić information content (AvgIpc) is 2.90. The molecule has 0 aliphatic heterocycles. The van der Waals surface area contributed by atoms with E-state index >= 15 is 0 Å². The molecule has 1 heterocycles. The summed E-state index contributed by atoms with van der Waals surface area (Å²) in [4.78, 5) is 14.8. The lowest BCUT2D eigenvalue weighted by atomic mass is 9.80. The molecule has 0 fully saturated rings. The van der Waals surface area contributed by atoms with Gasteiger partial charge in [-0.2, -0.15) is 0 Å². The molecule has 25 heavy (non-hydrogen) atoms. The van der Waals surface area contributed by atoms with Crippen molar-refractivity contribution < 1.29 is 14.3 Å². The Kier molecular flexibility index (Phi) is 5.91. The highest BCUT2D eigenvalue weighted by Crippen LogP contribution is 2.28. The van der Waals surface area contributed by atoms with Gasteiger partial charge in [0.15, 0.2) is 5.76 Å². The highest BCUT2D eigenvalue weighted by molar-refractivity contribution is 5.99. The van der Waals surface area contributed by atoms with Gasteiger partial charge in [-0.1, -0.05) is 45.9 Å². The molecule has 138 valence electrons. The largest absolute Gasteiger partial charge is 0.451 e. The topological polar surface area (TPSA) is 65.7 Å². The van der Waals surface area contributed by atoms with E-state index in [1.54, 1.807) is 0 Å². The number of furan rings is 1. The van der Waals surface area contributed by atoms with E-state index in [2.05, 4.69) is 5.32 Å². The monoisotopic (exact) mass is 346 g/mol. The van der Waals surface area contributed by atoms with E-state index < -0.39 is 11.5 Å². The zero-order chi connectivity index (χ0) is 18.8. The van der Waals surface area contributed by atoms with Gasteiger partial charge in [-0.25, -0.2) is 0 Å². The predicted molar refractivity (Wildman–Crippen MR) is 101 cm³/mol. The molecule has 1 atom stereocenters. The molecule has 0 spiro atoms. The molecule has 2 rings (SSSR count). The lowest BCUT2D eigenvalue weighted by Gasteiger charge is -2.33. The summed E-state index contributed by atoms with van der Waals surface area (Å²) in [6, 6.07) is 7.69. The number of carbonyl (C=O) groups is 1. The summed E-state index contributed by atoms with van der Waals surface area (Å²) in [6.07, 6.45) is -0.496. The number of fused-ring (bicyclic) bond motifs is 1. The molecule has 0 radical (unpaired) electrons. The first-order valence-corrected chi connectivity index (χ1v) is 8.75. The number of nitrogens with one attached hydrogen (secondary N) is 1. The van der Waals surface area contributed by atoms with Gasteiger partial charge in [-0.05, 0) is 26.1 Å². The number of aliphatic hydroxyl groups excluding tert-OH is 1. The van der Waals surface area contributed by atoms with Crippen LogP contribution in [0.3, 0.4) is 0 Å². The predicted octanol–water partition coefficient (Wildman–Crippen LogP) is 3.27. The van der Waals surface area contributed by atoms with Gasteiger partial charge >= 0.3 is 0 Å². The SMILES string of the molecule is CC(C)C(O)C(C)(C)CNC(=O)c1oc2ccccc2c1CN(C)C. The number of benzene rings is 1. The summed E-state index contributed by atoms with van der Waals surface area (Å²) in [5, 5.41) is 14.2. The minimum atomic E-state index is -0.496.